The van der Waals surface area contributed by atoms with E-state index in [0.29, 0.717) is 37.9 Å². The van der Waals surface area contributed by atoms with Crippen molar-refractivity contribution < 1.29 is 8.91 Å². The van der Waals surface area contributed by atoms with Gasteiger partial charge in [-0.1, -0.05) is 5.16 Å². The molecule has 3 heterocycles. The molecule has 0 bridgehead atoms. The molecule has 128 valence electrons. The number of hydrogen-bond donors (Lipinski definition) is 0. The molecule has 2 aliphatic rings. The van der Waals surface area contributed by atoms with E-state index in [1.807, 2.05) is 24.1 Å². The predicted molar refractivity (Wildman–Crippen MR) is 85.3 cm³/mol. The van der Waals surface area contributed by atoms with Crippen molar-refractivity contribution >= 4 is 5.82 Å². The van der Waals surface area contributed by atoms with E-state index in [0.717, 1.165) is 24.5 Å². The van der Waals surface area contributed by atoms with E-state index in [9.17, 15) is 4.39 Å². The van der Waals surface area contributed by atoms with E-state index in [2.05, 4.69) is 25.2 Å². The first-order valence-corrected chi connectivity index (χ1v) is 8.38. The molecule has 7 nitrogen and oxygen atoms in total. The van der Waals surface area contributed by atoms with Crippen molar-refractivity contribution in [2.75, 3.05) is 25.0 Å². The van der Waals surface area contributed by atoms with Crippen molar-refractivity contribution in [2.45, 2.75) is 43.9 Å². The van der Waals surface area contributed by atoms with Crippen molar-refractivity contribution in [2.24, 2.45) is 0 Å². The normalized spacial score (nSPS) is 24.0. The van der Waals surface area contributed by atoms with Crippen molar-refractivity contribution in [1.82, 2.24) is 25.2 Å². The molecule has 1 saturated heterocycles. The molecule has 2 atom stereocenters. The Labute approximate surface area is 139 Å². The quantitative estimate of drug-likeness (QED) is 0.798. The van der Waals surface area contributed by atoms with Gasteiger partial charge in [0.25, 0.3) is 0 Å². The van der Waals surface area contributed by atoms with E-state index < -0.39 is 6.17 Å². The third-order valence-corrected chi connectivity index (χ3v) is 4.57. The Morgan fingerprint density at radius 2 is 2.29 bits per heavy atom. The van der Waals surface area contributed by atoms with Gasteiger partial charge in [-0.15, -0.1) is 5.10 Å². The van der Waals surface area contributed by atoms with Crippen molar-refractivity contribution in [3.8, 4) is 0 Å². The zero-order chi connectivity index (χ0) is 16.5. The summed E-state index contributed by atoms with van der Waals surface area (Å²) in [5.41, 5.74) is 0. The molecule has 8 heteroatoms. The fourth-order valence-corrected chi connectivity index (χ4v) is 3.25. The first kappa shape index (κ1) is 15.4. The molecule has 0 spiro atoms. The van der Waals surface area contributed by atoms with E-state index in [4.69, 9.17) is 4.52 Å². The number of hydrogen-bond acceptors (Lipinski definition) is 7. The fraction of sp³-hybridized carbons (Fsp3) is 0.625. The molecule has 0 aromatic carbocycles. The van der Waals surface area contributed by atoms with Crippen LogP contribution in [-0.2, 0) is 6.54 Å². The smallest absolute Gasteiger partial charge is 0.240 e. The van der Waals surface area contributed by atoms with Crippen LogP contribution in [0, 0.1) is 0 Å². The molecule has 0 amide bonds. The molecule has 0 unspecified atom stereocenters. The summed E-state index contributed by atoms with van der Waals surface area (Å²) in [4.78, 5) is 8.54. The highest BCUT2D eigenvalue weighted by atomic mass is 19.1. The maximum atomic E-state index is 13.9. The fourth-order valence-electron chi connectivity index (χ4n) is 3.25. The van der Waals surface area contributed by atoms with Crippen LogP contribution in [0.2, 0.25) is 0 Å². The van der Waals surface area contributed by atoms with E-state index in [-0.39, 0.29) is 6.04 Å². The van der Waals surface area contributed by atoms with Gasteiger partial charge in [0.05, 0.1) is 13.1 Å². The summed E-state index contributed by atoms with van der Waals surface area (Å²) in [5.74, 6) is 2.66. The third kappa shape index (κ3) is 3.38. The summed E-state index contributed by atoms with van der Waals surface area (Å²) in [6, 6.07) is 3.76. The molecule has 24 heavy (non-hydrogen) atoms. The van der Waals surface area contributed by atoms with Crippen LogP contribution in [0.4, 0.5) is 10.2 Å². The molecular weight excluding hydrogens is 311 g/mol. The Morgan fingerprint density at radius 1 is 1.42 bits per heavy atom. The molecule has 2 aromatic rings. The standard InChI is InChI=1S/C16H21FN6O/c1-22(10-15-19-16(21-24-15)11-4-5-11)9-13-7-12(17)8-23(13)14-3-2-6-18-20-14/h2-3,6,11-13H,4-5,7-10H2,1H3/t12-,13-/m0/s1. The Kier molecular flexibility index (Phi) is 4.13. The molecular formula is C16H21FN6O. The maximum absolute atomic E-state index is 13.9. The number of alkyl halides is 1. The van der Waals surface area contributed by atoms with Crippen LogP contribution >= 0.6 is 0 Å². The Hall–Kier alpha value is -2.09. The van der Waals surface area contributed by atoms with Gasteiger partial charge in [0.1, 0.15) is 6.17 Å². The second-order valence-electron chi connectivity index (χ2n) is 6.74. The Bertz CT molecular complexity index is 676. The monoisotopic (exact) mass is 332 g/mol. The number of likely N-dealkylation sites (N-methyl/N-ethyl adjacent to an activating group) is 1. The molecule has 0 N–H and O–H groups in total. The van der Waals surface area contributed by atoms with Gasteiger partial charge in [-0.05, 0) is 32.0 Å². The molecule has 1 aliphatic carbocycles. The highest BCUT2D eigenvalue weighted by molar-refractivity contribution is 5.40. The Morgan fingerprint density at radius 3 is 3.04 bits per heavy atom. The van der Waals surface area contributed by atoms with E-state index in [1.54, 1.807) is 6.20 Å². The van der Waals surface area contributed by atoms with Crippen molar-refractivity contribution in [3.63, 3.8) is 0 Å². The SMILES string of the molecule is CN(Cc1nc(C2CC2)no1)C[C@@H]1C[C@H](F)CN1c1cccnn1. The molecule has 2 aromatic heterocycles. The minimum atomic E-state index is -0.838. The average Bonchev–Trinajstić information content (AvgIpc) is 3.22. The minimum Gasteiger partial charge on any atom is -0.348 e. The van der Waals surface area contributed by atoms with Gasteiger partial charge in [0, 0.05) is 31.1 Å². The van der Waals surface area contributed by atoms with Crippen LogP contribution < -0.4 is 4.90 Å². The number of aromatic nitrogens is 4. The molecule has 4 rings (SSSR count). The van der Waals surface area contributed by atoms with Gasteiger partial charge < -0.3 is 9.42 Å². The molecule has 2 fully saturated rings. The van der Waals surface area contributed by atoms with Crippen LogP contribution in [0.5, 0.6) is 0 Å². The second-order valence-corrected chi connectivity index (χ2v) is 6.74. The summed E-state index contributed by atoms with van der Waals surface area (Å²) in [6.45, 7) is 1.64. The highest BCUT2D eigenvalue weighted by Crippen LogP contribution is 2.38. The number of rotatable bonds is 6. The Balaban J connectivity index is 1.38. The lowest BCUT2D eigenvalue weighted by Crippen LogP contribution is -2.39. The van der Waals surface area contributed by atoms with Crippen LogP contribution in [0.3, 0.4) is 0 Å². The molecule has 0 radical (unpaired) electrons. The predicted octanol–water partition coefficient (Wildman–Crippen LogP) is 1.79. The zero-order valence-corrected chi connectivity index (χ0v) is 13.7. The second kappa shape index (κ2) is 6.43. The van der Waals surface area contributed by atoms with Gasteiger partial charge in [-0.2, -0.15) is 10.1 Å². The lowest BCUT2D eigenvalue weighted by Gasteiger charge is -2.28. The zero-order valence-electron chi connectivity index (χ0n) is 13.7. The van der Waals surface area contributed by atoms with E-state index >= 15 is 0 Å². The molecule has 1 saturated carbocycles. The lowest BCUT2D eigenvalue weighted by atomic mass is 10.2. The lowest BCUT2D eigenvalue weighted by molar-refractivity contribution is 0.249. The highest BCUT2D eigenvalue weighted by Gasteiger charge is 2.34. The summed E-state index contributed by atoms with van der Waals surface area (Å²) in [5, 5.41) is 12.1. The van der Waals surface area contributed by atoms with Gasteiger partial charge in [-0.3, -0.25) is 4.90 Å². The van der Waals surface area contributed by atoms with Gasteiger partial charge in [-0.25, -0.2) is 4.39 Å². The average molecular weight is 332 g/mol. The summed E-state index contributed by atoms with van der Waals surface area (Å²) < 4.78 is 19.3. The van der Waals surface area contributed by atoms with Crippen LogP contribution in [-0.4, -0.2) is 57.6 Å². The summed E-state index contributed by atoms with van der Waals surface area (Å²) >= 11 is 0. The molecule has 1 aliphatic heterocycles. The number of nitrogens with zero attached hydrogens (tertiary/aromatic N) is 6. The van der Waals surface area contributed by atoms with Crippen molar-refractivity contribution in [1.29, 1.82) is 0 Å². The van der Waals surface area contributed by atoms with Crippen molar-refractivity contribution in [3.05, 3.63) is 30.0 Å². The van der Waals surface area contributed by atoms with Crippen LogP contribution in [0.1, 0.15) is 36.9 Å². The number of anilines is 1. The van der Waals surface area contributed by atoms with Crippen LogP contribution in [0.25, 0.3) is 0 Å². The number of halogens is 1. The first-order chi connectivity index (χ1) is 11.7. The summed E-state index contributed by atoms with van der Waals surface area (Å²) in [7, 11) is 1.99. The maximum Gasteiger partial charge on any atom is 0.240 e. The summed E-state index contributed by atoms with van der Waals surface area (Å²) in [6.07, 6.45) is 3.60. The third-order valence-electron chi connectivity index (χ3n) is 4.57. The van der Waals surface area contributed by atoms with E-state index in [1.165, 1.54) is 0 Å². The topological polar surface area (TPSA) is 71.2 Å². The van der Waals surface area contributed by atoms with Gasteiger partial charge in [0.15, 0.2) is 11.6 Å². The van der Waals surface area contributed by atoms with Crippen LogP contribution in [0.15, 0.2) is 22.9 Å². The first-order valence-electron chi connectivity index (χ1n) is 8.38. The largest absolute Gasteiger partial charge is 0.348 e. The minimum absolute atomic E-state index is 0.0625. The van der Waals surface area contributed by atoms with Gasteiger partial charge in [0.2, 0.25) is 5.89 Å². The van der Waals surface area contributed by atoms with Gasteiger partial charge >= 0.3 is 0 Å².